The Kier molecular flexibility index (Phi) is 4.22. The lowest BCUT2D eigenvalue weighted by molar-refractivity contribution is 0.424. The molecule has 8 heteroatoms. The zero-order valence-corrected chi connectivity index (χ0v) is 13.7. The van der Waals surface area contributed by atoms with Crippen LogP contribution in [-0.2, 0) is 20.6 Å². The first-order valence-electron chi connectivity index (χ1n) is 7.48. The largest absolute Gasteiger partial charge is 0.364 e. The van der Waals surface area contributed by atoms with E-state index in [1.165, 1.54) is 18.7 Å². The van der Waals surface area contributed by atoms with Crippen molar-refractivity contribution < 1.29 is 4.52 Å². The molecule has 25 heavy (non-hydrogen) atoms. The van der Waals surface area contributed by atoms with E-state index in [1.54, 1.807) is 6.07 Å². The van der Waals surface area contributed by atoms with E-state index in [0.717, 1.165) is 10.1 Å². The predicted molar refractivity (Wildman–Crippen MR) is 90.9 cm³/mol. The van der Waals surface area contributed by atoms with Crippen molar-refractivity contribution in [1.29, 1.82) is 5.26 Å². The van der Waals surface area contributed by atoms with E-state index in [2.05, 4.69) is 10.5 Å². The second-order valence-corrected chi connectivity index (χ2v) is 5.44. The van der Waals surface area contributed by atoms with E-state index in [4.69, 9.17) is 4.52 Å². The zero-order chi connectivity index (χ0) is 18.0. The van der Waals surface area contributed by atoms with Crippen LogP contribution in [0.2, 0.25) is 0 Å². The lowest BCUT2D eigenvalue weighted by atomic mass is 10.1. The number of nitriles is 1. The van der Waals surface area contributed by atoms with Crippen LogP contribution >= 0.6 is 0 Å². The molecule has 0 saturated carbocycles. The minimum Gasteiger partial charge on any atom is -0.364 e. The smallest absolute Gasteiger partial charge is 0.332 e. The molecule has 0 unspecified atom stereocenters. The molecule has 0 spiro atoms. The van der Waals surface area contributed by atoms with E-state index < -0.39 is 11.2 Å². The monoisotopic (exact) mass is 337 g/mol. The third kappa shape index (κ3) is 2.95. The van der Waals surface area contributed by atoms with E-state index >= 15 is 0 Å². The molecule has 3 rings (SSSR count). The molecule has 0 aliphatic rings. The van der Waals surface area contributed by atoms with Crippen LogP contribution in [0.5, 0.6) is 0 Å². The first-order valence-corrected chi connectivity index (χ1v) is 7.48. The maximum atomic E-state index is 12.0. The number of hydrogen-bond donors (Lipinski definition) is 1. The molecule has 1 aromatic carbocycles. The normalized spacial score (nSPS) is 10.4. The fourth-order valence-electron chi connectivity index (χ4n) is 2.46. The van der Waals surface area contributed by atoms with Gasteiger partial charge in [0.15, 0.2) is 11.3 Å². The van der Waals surface area contributed by atoms with Crippen LogP contribution in [0.3, 0.4) is 0 Å². The summed E-state index contributed by atoms with van der Waals surface area (Å²) in [7, 11) is 2.82. The number of aromatic nitrogens is 3. The fourth-order valence-corrected chi connectivity index (χ4v) is 2.46. The summed E-state index contributed by atoms with van der Waals surface area (Å²) in [4.78, 5) is 24.1. The van der Waals surface area contributed by atoms with Crippen molar-refractivity contribution in [3.05, 3.63) is 68.5 Å². The highest BCUT2D eigenvalue weighted by molar-refractivity contribution is 5.57. The van der Waals surface area contributed by atoms with Gasteiger partial charge in [0.2, 0.25) is 0 Å². The van der Waals surface area contributed by atoms with Crippen LogP contribution < -0.4 is 16.6 Å². The van der Waals surface area contributed by atoms with Gasteiger partial charge in [-0.1, -0.05) is 35.5 Å². The molecule has 1 N–H and O–H groups in total. The number of nitrogens with zero attached hydrogens (tertiary/aromatic N) is 4. The molecule has 3 aromatic rings. The number of anilines is 1. The molecular weight excluding hydrogens is 322 g/mol. The summed E-state index contributed by atoms with van der Waals surface area (Å²) in [6.07, 6.45) is 0. The first kappa shape index (κ1) is 16.3. The van der Waals surface area contributed by atoms with Gasteiger partial charge in [0.05, 0.1) is 6.54 Å². The van der Waals surface area contributed by atoms with Gasteiger partial charge in [-0.05, 0) is 0 Å². The Morgan fingerprint density at radius 2 is 1.92 bits per heavy atom. The predicted octanol–water partition coefficient (Wildman–Crippen LogP) is 1.22. The molecule has 2 aromatic heterocycles. The maximum Gasteiger partial charge on any atom is 0.332 e. The number of benzene rings is 1. The molecule has 126 valence electrons. The molecule has 0 atom stereocenters. The van der Waals surface area contributed by atoms with Crippen molar-refractivity contribution in [2.75, 3.05) is 5.32 Å². The Bertz CT molecular complexity index is 1070. The van der Waals surface area contributed by atoms with Gasteiger partial charge in [-0.25, -0.2) is 4.79 Å². The first-order chi connectivity index (χ1) is 12.0. The van der Waals surface area contributed by atoms with Gasteiger partial charge in [-0.3, -0.25) is 13.9 Å². The lowest BCUT2D eigenvalue weighted by Gasteiger charge is -2.12. The molecule has 0 saturated heterocycles. The van der Waals surface area contributed by atoms with Crippen molar-refractivity contribution in [3.8, 4) is 17.4 Å². The topological polar surface area (TPSA) is 106 Å². The second kappa shape index (κ2) is 6.49. The fraction of sp³-hybridized carbons (Fsp3) is 0.176. The molecule has 0 bridgehead atoms. The number of hydrogen-bond acceptors (Lipinski definition) is 6. The van der Waals surface area contributed by atoms with Crippen LogP contribution in [0.1, 0.15) is 11.3 Å². The molecule has 0 fully saturated rings. The molecule has 0 aliphatic carbocycles. The SMILES string of the molecule is Cn1c(NCc2cc(-c3ccccc3)on2)c(C#N)c(=O)n(C)c1=O. The summed E-state index contributed by atoms with van der Waals surface area (Å²) in [5, 5.41) is 16.1. The van der Waals surface area contributed by atoms with Crippen molar-refractivity contribution in [1.82, 2.24) is 14.3 Å². The van der Waals surface area contributed by atoms with Crippen molar-refractivity contribution >= 4 is 5.82 Å². The molecule has 2 heterocycles. The number of rotatable bonds is 4. The summed E-state index contributed by atoms with van der Waals surface area (Å²) in [6.45, 7) is 0.200. The van der Waals surface area contributed by atoms with Crippen molar-refractivity contribution in [2.24, 2.45) is 14.1 Å². The Labute approximate surface area is 142 Å². The number of nitrogens with one attached hydrogen (secondary N) is 1. The van der Waals surface area contributed by atoms with E-state index in [0.29, 0.717) is 11.5 Å². The van der Waals surface area contributed by atoms with Gasteiger partial charge in [-0.2, -0.15) is 5.26 Å². The third-order valence-electron chi connectivity index (χ3n) is 3.83. The summed E-state index contributed by atoms with van der Waals surface area (Å²) in [5.74, 6) is 0.760. The van der Waals surface area contributed by atoms with Gasteiger partial charge >= 0.3 is 5.69 Å². The maximum absolute atomic E-state index is 12.0. The van der Waals surface area contributed by atoms with Crippen LogP contribution in [0.25, 0.3) is 11.3 Å². The minimum absolute atomic E-state index is 0.128. The quantitative estimate of drug-likeness (QED) is 0.767. The summed E-state index contributed by atoms with van der Waals surface area (Å²) < 4.78 is 7.42. The molecule has 8 nitrogen and oxygen atoms in total. The highest BCUT2D eigenvalue weighted by atomic mass is 16.5. The average Bonchev–Trinajstić information content (AvgIpc) is 3.11. The minimum atomic E-state index is -0.641. The Hall–Kier alpha value is -3.60. The highest BCUT2D eigenvalue weighted by Gasteiger charge is 2.16. The Balaban J connectivity index is 1.89. The summed E-state index contributed by atoms with van der Waals surface area (Å²) in [6, 6.07) is 13.1. The summed E-state index contributed by atoms with van der Waals surface area (Å²) >= 11 is 0. The standard InChI is InChI=1S/C17H15N5O3/c1-21-15(13(9-18)16(23)22(2)17(21)24)19-10-12-8-14(25-20-12)11-6-4-3-5-7-11/h3-8,19H,10H2,1-2H3. The average molecular weight is 337 g/mol. The van der Waals surface area contributed by atoms with Gasteiger partial charge < -0.3 is 9.84 Å². The summed E-state index contributed by atoms with van der Waals surface area (Å²) in [5.41, 5.74) is 0.182. The van der Waals surface area contributed by atoms with Gasteiger partial charge in [0.25, 0.3) is 5.56 Å². The van der Waals surface area contributed by atoms with Crippen molar-refractivity contribution in [3.63, 3.8) is 0 Å². The highest BCUT2D eigenvalue weighted by Crippen LogP contribution is 2.20. The molecule has 0 amide bonds. The van der Waals surface area contributed by atoms with E-state index in [9.17, 15) is 14.9 Å². The molecular formula is C17H15N5O3. The van der Waals surface area contributed by atoms with Crippen LogP contribution in [0, 0.1) is 11.3 Å². The van der Waals surface area contributed by atoms with Crippen LogP contribution in [0.4, 0.5) is 5.82 Å². The Morgan fingerprint density at radius 1 is 1.20 bits per heavy atom. The van der Waals surface area contributed by atoms with Gasteiger partial charge in [-0.15, -0.1) is 0 Å². The van der Waals surface area contributed by atoms with E-state index in [-0.39, 0.29) is 17.9 Å². The third-order valence-corrected chi connectivity index (χ3v) is 3.83. The Morgan fingerprint density at radius 3 is 2.60 bits per heavy atom. The zero-order valence-electron chi connectivity index (χ0n) is 13.7. The van der Waals surface area contributed by atoms with Crippen LogP contribution in [0.15, 0.2) is 50.5 Å². The van der Waals surface area contributed by atoms with Gasteiger partial charge in [0.1, 0.15) is 17.6 Å². The van der Waals surface area contributed by atoms with E-state index in [1.807, 2.05) is 36.4 Å². The van der Waals surface area contributed by atoms with Crippen LogP contribution in [-0.4, -0.2) is 14.3 Å². The van der Waals surface area contributed by atoms with Crippen molar-refractivity contribution in [2.45, 2.75) is 6.54 Å². The van der Waals surface area contributed by atoms with Gasteiger partial charge in [0, 0.05) is 25.7 Å². The lowest BCUT2D eigenvalue weighted by Crippen LogP contribution is -2.39. The molecule has 0 aliphatic heterocycles. The second-order valence-electron chi connectivity index (χ2n) is 5.44. The molecule has 0 radical (unpaired) electrons.